The van der Waals surface area contributed by atoms with E-state index in [9.17, 15) is 19.5 Å². The SMILES string of the molecule is CC1(c2cc(Cl)ccc2Cl)OC(N2C(=O)CCC2=O)=C(O)C1=O. The molecule has 1 atom stereocenters. The summed E-state index contributed by atoms with van der Waals surface area (Å²) in [5, 5.41) is 10.6. The Bertz CT molecular complexity index is 772. The van der Waals surface area contributed by atoms with Gasteiger partial charge < -0.3 is 9.84 Å². The largest absolute Gasteiger partial charge is 0.501 e. The van der Waals surface area contributed by atoms with Crippen LogP contribution in [-0.2, 0) is 24.7 Å². The number of Topliss-reactive ketones (excluding diaryl/α,β-unsaturated/α-hetero) is 1. The molecule has 2 aliphatic rings. The van der Waals surface area contributed by atoms with Gasteiger partial charge in [-0.15, -0.1) is 0 Å². The molecule has 120 valence electrons. The first-order chi connectivity index (χ1) is 10.8. The summed E-state index contributed by atoms with van der Waals surface area (Å²) in [5.74, 6) is -3.12. The number of carbonyl (C=O) groups is 3. The number of hydrogen-bond donors (Lipinski definition) is 1. The van der Waals surface area contributed by atoms with Gasteiger partial charge in [0.15, 0.2) is 0 Å². The number of rotatable bonds is 2. The first-order valence-corrected chi connectivity index (χ1v) is 7.49. The number of imide groups is 1. The van der Waals surface area contributed by atoms with E-state index in [1.54, 1.807) is 0 Å². The third kappa shape index (κ3) is 2.29. The van der Waals surface area contributed by atoms with Crippen molar-refractivity contribution in [3.05, 3.63) is 45.5 Å². The highest BCUT2D eigenvalue weighted by Gasteiger charge is 2.52. The van der Waals surface area contributed by atoms with E-state index in [0.717, 1.165) is 0 Å². The van der Waals surface area contributed by atoms with Crippen LogP contribution in [0, 0.1) is 0 Å². The highest BCUT2D eigenvalue weighted by atomic mass is 35.5. The average Bonchev–Trinajstić information content (AvgIpc) is 2.94. The molecule has 1 fully saturated rings. The number of benzene rings is 1. The maximum absolute atomic E-state index is 12.5. The molecule has 1 saturated heterocycles. The molecule has 6 nitrogen and oxygen atoms in total. The van der Waals surface area contributed by atoms with Crippen LogP contribution in [0.25, 0.3) is 0 Å². The number of likely N-dealkylation sites (tertiary alicyclic amines) is 1. The molecule has 1 unspecified atom stereocenters. The number of aliphatic hydroxyl groups is 1. The van der Waals surface area contributed by atoms with Gasteiger partial charge in [-0.1, -0.05) is 23.2 Å². The van der Waals surface area contributed by atoms with Crippen LogP contribution in [0.4, 0.5) is 0 Å². The molecule has 0 saturated carbocycles. The zero-order valence-electron chi connectivity index (χ0n) is 11.9. The van der Waals surface area contributed by atoms with Crippen LogP contribution in [0.5, 0.6) is 0 Å². The molecule has 0 radical (unpaired) electrons. The van der Waals surface area contributed by atoms with Crippen LogP contribution in [0.2, 0.25) is 10.0 Å². The molecule has 2 amide bonds. The van der Waals surface area contributed by atoms with Crippen molar-refractivity contribution >= 4 is 40.8 Å². The van der Waals surface area contributed by atoms with Gasteiger partial charge in [0.05, 0.1) is 0 Å². The quantitative estimate of drug-likeness (QED) is 0.824. The molecule has 1 N–H and O–H groups in total. The number of amides is 2. The van der Waals surface area contributed by atoms with E-state index in [0.29, 0.717) is 9.92 Å². The predicted molar refractivity (Wildman–Crippen MR) is 80.6 cm³/mol. The molecule has 0 aliphatic carbocycles. The molecule has 0 bridgehead atoms. The van der Waals surface area contributed by atoms with Gasteiger partial charge in [-0.2, -0.15) is 0 Å². The zero-order chi connectivity index (χ0) is 16.9. The summed E-state index contributed by atoms with van der Waals surface area (Å²) in [5.41, 5.74) is -1.44. The number of ketones is 1. The van der Waals surface area contributed by atoms with E-state index in [1.807, 2.05) is 0 Å². The monoisotopic (exact) mass is 355 g/mol. The number of ether oxygens (including phenoxy) is 1. The van der Waals surface area contributed by atoms with Crippen LogP contribution in [0.15, 0.2) is 29.8 Å². The zero-order valence-corrected chi connectivity index (χ0v) is 13.4. The van der Waals surface area contributed by atoms with E-state index >= 15 is 0 Å². The molecule has 23 heavy (non-hydrogen) atoms. The van der Waals surface area contributed by atoms with E-state index in [4.69, 9.17) is 27.9 Å². The molecule has 2 heterocycles. The molecule has 1 aromatic rings. The summed E-state index contributed by atoms with van der Waals surface area (Å²) in [6, 6.07) is 4.46. The lowest BCUT2D eigenvalue weighted by molar-refractivity contribution is -0.144. The minimum atomic E-state index is -1.68. The minimum Gasteiger partial charge on any atom is -0.501 e. The number of nitrogens with zero attached hydrogens (tertiary/aromatic N) is 1. The fourth-order valence-corrected chi connectivity index (χ4v) is 3.08. The van der Waals surface area contributed by atoms with Crippen molar-refractivity contribution in [2.75, 3.05) is 0 Å². The van der Waals surface area contributed by atoms with Crippen LogP contribution < -0.4 is 0 Å². The maximum atomic E-state index is 12.5. The summed E-state index contributed by atoms with van der Waals surface area (Å²) < 4.78 is 5.54. The van der Waals surface area contributed by atoms with E-state index in [-0.39, 0.29) is 23.4 Å². The Balaban J connectivity index is 2.06. The lowest BCUT2D eigenvalue weighted by Crippen LogP contribution is -2.34. The van der Waals surface area contributed by atoms with Crippen molar-refractivity contribution < 1.29 is 24.2 Å². The third-order valence-corrected chi connectivity index (χ3v) is 4.41. The van der Waals surface area contributed by atoms with Gasteiger partial charge in [-0.05, 0) is 25.1 Å². The third-order valence-electron chi connectivity index (χ3n) is 3.85. The topological polar surface area (TPSA) is 83.9 Å². The molecule has 0 aromatic heterocycles. The van der Waals surface area contributed by atoms with E-state index < -0.39 is 34.8 Å². The van der Waals surface area contributed by atoms with Crippen molar-refractivity contribution in [1.82, 2.24) is 4.90 Å². The van der Waals surface area contributed by atoms with Crippen molar-refractivity contribution in [3.8, 4) is 0 Å². The minimum absolute atomic E-state index is 0.00179. The second-order valence-electron chi connectivity index (χ2n) is 5.37. The van der Waals surface area contributed by atoms with E-state index in [1.165, 1.54) is 25.1 Å². The number of carbonyl (C=O) groups excluding carboxylic acids is 3. The Morgan fingerprint density at radius 2 is 1.78 bits per heavy atom. The molecule has 2 aliphatic heterocycles. The van der Waals surface area contributed by atoms with Crippen LogP contribution in [0.1, 0.15) is 25.3 Å². The van der Waals surface area contributed by atoms with Gasteiger partial charge in [0, 0.05) is 28.5 Å². The average molecular weight is 356 g/mol. The fourth-order valence-electron chi connectivity index (χ4n) is 2.61. The highest BCUT2D eigenvalue weighted by molar-refractivity contribution is 6.34. The van der Waals surface area contributed by atoms with Gasteiger partial charge in [-0.3, -0.25) is 14.4 Å². The summed E-state index contributed by atoms with van der Waals surface area (Å²) in [7, 11) is 0. The molecular formula is C15H11Cl2NO5. The van der Waals surface area contributed by atoms with Crippen molar-refractivity contribution in [2.24, 2.45) is 0 Å². The molecule has 1 aromatic carbocycles. The van der Waals surface area contributed by atoms with Gasteiger partial charge in [0.25, 0.3) is 11.7 Å². The Morgan fingerprint density at radius 3 is 2.39 bits per heavy atom. The summed E-state index contributed by atoms with van der Waals surface area (Å²) >= 11 is 12.0. The van der Waals surface area contributed by atoms with E-state index in [2.05, 4.69) is 0 Å². The Kier molecular flexibility index (Phi) is 3.61. The van der Waals surface area contributed by atoms with Crippen LogP contribution in [0.3, 0.4) is 0 Å². The highest BCUT2D eigenvalue weighted by Crippen LogP contribution is 2.43. The van der Waals surface area contributed by atoms with Gasteiger partial charge in [0.2, 0.25) is 23.2 Å². The van der Waals surface area contributed by atoms with Crippen LogP contribution >= 0.6 is 23.2 Å². The lowest BCUT2D eigenvalue weighted by Gasteiger charge is -2.26. The number of aliphatic hydroxyl groups excluding tert-OH is 1. The predicted octanol–water partition coefficient (Wildman–Crippen LogP) is 2.68. The van der Waals surface area contributed by atoms with Crippen molar-refractivity contribution in [2.45, 2.75) is 25.4 Å². The molecule has 3 rings (SSSR count). The van der Waals surface area contributed by atoms with Gasteiger partial charge in [-0.25, -0.2) is 4.90 Å². The van der Waals surface area contributed by atoms with Gasteiger partial charge in [0.1, 0.15) is 0 Å². The summed E-state index contributed by atoms with van der Waals surface area (Å²) in [4.78, 5) is 36.8. The first-order valence-electron chi connectivity index (χ1n) is 6.74. The molecular weight excluding hydrogens is 345 g/mol. The Labute approximate surface area is 141 Å². The standard InChI is InChI=1S/C15H11Cl2NO5/c1-15(8-6-7(16)2-3-9(8)17)13(22)12(21)14(23-15)18-10(19)4-5-11(18)20/h2-3,6,21H,4-5H2,1H3. The smallest absolute Gasteiger partial charge is 0.252 e. The number of hydrogen-bond acceptors (Lipinski definition) is 5. The second-order valence-corrected chi connectivity index (χ2v) is 6.21. The second kappa shape index (κ2) is 5.25. The summed E-state index contributed by atoms with van der Waals surface area (Å²) in [6.45, 7) is 1.39. The molecule has 8 heteroatoms. The Morgan fingerprint density at radius 1 is 1.17 bits per heavy atom. The summed E-state index contributed by atoms with van der Waals surface area (Å²) in [6.07, 6.45) is 0.00357. The van der Waals surface area contributed by atoms with Crippen molar-refractivity contribution in [3.63, 3.8) is 0 Å². The Hall–Kier alpha value is -2.05. The molecule has 0 spiro atoms. The van der Waals surface area contributed by atoms with Gasteiger partial charge >= 0.3 is 0 Å². The first kappa shape index (κ1) is 15.8. The fraction of sp³-hybridized carbons (Fsp3) is 0.267. The lowest BCUT2D eigenvalue weighted by atomic mass is 9.91. The number of halogens is 2. The normalized spacial score (nSPS) is 24.7. The van der Waals surface area contributed by atoms with Crippen LogP contribution in [-0.4, -0.2) is 27.6 Å². The maximum Gasteiger partial charge on any atom is 0.252 e. The van der Waals surface area contributed by atoms with Crippen molar-refractivity contribution in [1.29, 1.82) is 0 Å².